The van der Waals surface area contributed by atoms with Gasteiger partial charge in [0.05, 0.1) is 0 Å². The van der Waals surface area contributed by atoms with Crippen LogP contribution in [0.1, 0.15) is 0 Å². The third-order valence-corrected chi connectivity index (χ3v) is 2.32. The van der Waals surface area contributed by atoms with Crippen molar-refractivity contribution in [3.8, 4) is 22.9 Å². The summed E-state index contributed by atoms with van der Waals surface area (Å²) in [7, 11) is 0. The van der Waals surface area contributed by atoms with Gasteiger partial charge in [-0.2, -0.15) is 0 Å². The molecule has 2 N–H and O–H groups in total. The standard InChI is InChI=1S/C10H6N4O6/c15-5-1-3-7(13(17)18)11-9(5)10-6(16)2-4-8(12-10)14(19)20/h1-4,15-16H. The minimum absolute atomic E-state index is 0.416. The van der Waals surface area contributed by atoms with Crippen LogP contribution in [0.5, 0.6) is 11.5 Å². The monoisotopic (exact) mass is 278 g/mol. The summed E-state index contributed by atoms with van der Waals surface area (Å²) in [4.78, 5) is 26.7. The summed E-state index contributed by atoms with van der Waals surface area (Å²) in [6.07, 6.45) is 0. The van der Waals surface area contributed by atoms with Crippen molar-refractivity contribution in [3.05, 3.63) is 44.5 Å². The maximum Gasteiger partial charge on any atom is 0.364 e. The highest BCUT2D eigenvalue weighted by Gasteiger charge is 2.26. The van der Waals surface area contributed by atoms with Gasteiger partial charge in [0.15, 0.2) is 11.5 Å². The largest absolute Gasteiger partial charge is 0.504 e. The van der Waals surface area contributed by atoms with Gasteiger partial charge in [-0.15, -0.1) is 0 Å². The lowest BCUT2D eigenvalue weighted by molar-refractivity contribution is -0.389. The Morgan fingerprint density at radius 1 is 0.800 bits per heavy atom. The molecule has 0 aromatic carbocycles. The van der Waals surface area contributed by atoms with Crippen LogP contribution in [0, 0.1) is 20.2 Å². The van der Waals surface area contributed by atoms with Crippen molar-refractivity contribution >= 4 is 11.6 Å². The predicted octanol–water partition coefficient (Wildman–Crippen LogP) is 1.37. The molecule has 0 fully saturated rings. The first kappa shape index (κ1) is 13.1. The highest BCUT2D eigenvalue weighted by Crippen LogP contribution is 2.34. The van der Waals surface area contributed by atoms with Crippen LogP contribution < -0.4 is 0 Å². The second-order valence-electron chi connectivity index (χ2n) is 3.59. The van der Waals surface area contributed by atoms with Crippen LogP contribution >= 0.6 is 0 Å². The van der Waals surface area contributed by atoms with Crippen LogP contribution in [0.4, 0.5) is 11.6 Å². The van der Waals surface area contributed by atoms with Gasteiger partial charge in [0, 0.05) is 12.1 Å². The molecule has 2 aromatic heterocycles. The lowest BCUT2D eigenvalue weighted by Gasteiger charge is -1.99. The lowest BCUT2D eigenvalue weighted by atomic mass is 10.2. The van der Waals surface area contributed by atoms with Gasteiger partial charge >= 0.3 is 11.6 Å². The normalized spacial score (nSPS) is 10.2. The molecule has 0 aliphatic rings. The van der Waals surface area contributed by atoms with E-state index in [0.29, 0.717) is 0 Å². The molecule has 10 heteroatoms. The average Bonchev–Trinajstić information content (AvgIpc) is 2.39. The molecule has 0 atom stereocenters. The average molecular weight is 278 g/mol. The van der Waals surface area contributed by atoms with Crippen LogP contribution in [0.3, 0.4) is 0 Å². The number of aromatic hydroxyl groups is 2. The van der Waals surface area contributed by atoms with Crippen molar-refractivity contribution in [2.75, 3.05) is 0 Å². The van der Waals surface area contributed by atoms with E-state index in [2.05, 4.69) is 9.97 Å². The topological polar surface area (TPSA) is 153 Å². The molecular weight excluding hydrogens is 272 g/mol. The maximum atomic E-state index is 10.6. The summed E-state index contributed by atoms with van der Waals surface area (Å²) in [5, 5.41) is 40.5. The molecular formula is C10H6N4O6. The zero-order valence-corrected chi connectivity index (χ0v) is 9.63. The van der Waals surface area contributed by atoms with E-state index in [1.165, 1.54) is 0 Å². The first-order valence-electron chi connectivity index (χ1n) is 5.09. The minimum Gasteiger partial charge on any atom is -0.504 e. The third kappa shape index (κ3) is 2.29. The van der Waals surface area contributed by atoms with E-state index < -0.39 is 44.4 Å². The summed E-state index contributed by atoms with van der Waals surface area (Å²) in [5.41, 5.74) is -0.833. The number of hydrogen-bond acceptors (Lipinski definition) is 8. The zero-order valence-electron chi connectivity index (χ0n) is 9.63. The van der Waals surface area contributed by atoms with E-state index >= 15 is 0 Å². The number of hydrogen-bond donors (Lipinski definition) is 2. The Kier molecular flexibility index (Phi) is 3.13. The van der Waals surface area contributed by atoms with E-state index in [1.54, 1.807) is 0 Å². The molecule has 102 valence electrons. The molecule has 0 saturated carbocycles. The SMILES string of the molecule is O=[N+]([O-])c1ccc(O)c(-c2nc([N+](=O)[O-])ccc2O)n1. The van der Waals surface area contributed by atoms with Crippen molar-refractivity contribution in [2.45, 2.75) is 0 Å². The van der Waals surface area contributed by atoms with Crippen LogP contribution in [-0.4, -0.2) is 30.0 Å². The van der Waals surface area contributed by atoms with Crippen molar-refractivity contribution in [3.63, 3.8) is 0 Å². The number of nitro groups is 2. The van der Waals surface area contributed by atoms with Gasteiger partial charge in [-0.25, -0.2) is 0 Å². The zero-order chi connectivity index (χ0) is 14.9. The first-order chi connectivity index (χ1) is 9.40. The summed E-state index contributed by atoms with van der Waals surface area (Å²) in [6.45, 7) is 0. The van der Waals surface area contributed by atoms with Crippen molar-refractivity contribution in [1.82, 2.24) is 9.97 Å². The van der Waals surface area contributed by atoms with Crippen LogP contribution in [-0.2, 0) is 0 Å². The molecule has 2 rings (SSSR count). The summed E-state index contributed by atoms with van der Waals surface area (Å²) in [5.74, 6) is -2.19. The molecule has 0 radical (unpaired) electrons. The van der Waals surface area contributed by atoms with Gasteiger partial charge in [0.2, 0.25) is 0 Å². The first-order valence-corrected chi connectivity index (χ1v) is 5.09. The molecule has 0 unspecified atom stereocenters. The second kappa shape index (κ2) is 4.76. The van der Waals surface area contributed by atoms with Gasteiger partial charge in [-0.1, -0.05) is 0 Å². The van der Waals surface area contributed by atoms with E-state index in [0.717, 1.165) is 24.3 Å². The van der Waals surface area contributed by atoms with Gasteiger partial charge in [-0.05, 0) is 31.9 Å². The molecule has 10 nitrogen and oxygen atoms in total. The Hall–Kier alpha value is -3.30. The summed E-state index contributed by atoms with van der Waals surface area (Å²) < 4.78 is 0. The fourth-order valence-electron chi connectivity index (χ4n) is 1.43. The van der Waals surface area contributed by atoms with E-state index in [4.69, 9.17) is 0 Å². The fraction of sp³-hybridized carbons (Fsp3) is 0. The van der Waals surface area contributed by atoms with Gasteiger partial charge in [0.1, 0.15) is 0 Å². The smallest absolute Gasteiger partial charge is 0.364 e. The number of aromatic nitrogens is 2. The quantitative estimate of drug-likeness (QED) is 0.630. The molecule has 2 aromatic rings. The number of nitrogens with zero attached hydrogens (tertiary/aromatic N) is 4. The van der Waals surface area contributed by atoms with E-state index in [-0.39, 0.29) is 0 Å². The molecule has 0 aliphatic heterocycles. The molecule has 0 amide bonds. The molecule has 0 spiro atoms. The van der Waals surface area contributed by atoms with E-state index in [1.807, 2.05) is 0 Å². The predicted molar refractivity (Wildman–Crippen MR) is 64.1 cm³/mol. The molecule has 0 aliphatic carbocycles. The van der Waals surface area contributed by atoms with Crippen molar-refractivity contribution in [1.29, 1.82) is 0 Å². The maximum absolute atomic E-state index is 10.6. The molecule has 20 heavy (non-hydrogen) atoms. The third-order valence-electron chi connectivity index (χ3n) is 2.32. The Morgan fingerprint density at radius 3 is 1.45 bits per heavy atom. The van der Waals surface area contributed by atoms with Gasteiger partial charge < -0.3 is 30.4 Å². The van der Waals surface area contributed by atoms with Crippen LogP contribution in [0.25, 0.3) is 11.4 Å². The Bertz CT molecular complexity index is 655. The minimum atomic E-state index is -0.808. The van der Waals surface area contributed by atoms with Crippen LogP contribution in [0.2, 0.25) is 0 Å². The fourth-order valence-corrected chi connectivity index (χ4v) is 1.43. The highest BCUT2D eigenvalue weighted by molar-refractivity contribution is 5.69. The molecule has 2 heterocycles. The highest BCUT2D eigenvalue weighted by atomic mass is 16.6. The van der Waals surface area contributed by atoms with Crippen LogP contribution in [0.15, 0.2) is 24.3 Å². The number of pyridine rings is 2. The van der Waals surface area contributed by atoms with Crippen molar-refractivity contribution in [2.24, 2.45) is 0 Å². The van der Waals surface area contributed by atoms with E-state index in [9.17, 15) is 30.4 Å². The van der Waals surface area contributed by atoms with Gasteiger partial charge in [-0.3, -0.25) is 0 Å². The van der Waals surface area contributed by atoms with Crippen molar-refractivity contribution < 1.29 is 20.1 Å². The Morgan fingerprint density at radius 2 is 1.15 bits per heavy atom. The van der Waals surface area contributed by atoms with Gasteiger partial charge in [0.25, 0.3) is 11.4 Å². The number of rotatable bonds is 3. The summed E-state index contributed by atoms with van der Waals surface area (Å²) in [6, 6.07) is 3.88. The molecule has 0 bridgehead atoms. The summed E-state index contributed by atoms with van der Waals surface area (Å²) >= 11 is 0. The second-order valence-corrected chi connectivity index (χ2v) is 3.59. The Balaban J connectivity index is 2.67. The Labute approximate surface area is 110 Å². The lowest BCUT2D eigenvalue weighted by Crippen LogP contribution is -1.98. The molecule has 0 saturated heterocycles.